The molecule has 0 aliphatic carbocycles. The zero-order valence-corrected chi connectivity index (χ0v) is 6.14. The van der Waals surface area contributed by atoms with Crippen LogP contribution in [-0.2, 0) is 0 Å². The number of aliphatic hydroxyl groups excluding tert-OH is 2. The van der Waals surface area contributed by atoms with Crippen LogP contribution in [0.15, 0.2) is 0 Å². The number of rotatable bonds is 2. The van der Waals surface area contributed by atoms with Crippen molar-refractivity contribution >= 4 is 6.03 Å². The van der Waals surface area contributed by atoms with Crippen LogP contribution in [0.2, 0.25) is 0 Å². The fourth-order valence-electron chi connectivity index (χ4n) is 1.02. The summed E-state index contributed by atoms with van der Waals surface area (Å²) in [6, 6.07) is -2.04. The molecule has 1 fully saturated rings. The van der Waals surface area contributed by atoms with Crippen LogP contribution < -0.4 is 5.32 Å². The van der Waals surface area contributed by atoms with Gasteiger partial charge in [0.1, 0.15) is 6.04 Å². The predicted octanol–water partition coefficient (Wildman–Crippen LogP) is -2.56. The number of aliphatic hydroxyl groups is 3. The molecule has 1 aliphatic rings. The molecule has 12 heavy (non-hydrogen) atoms. The lowest BCUT2D eigenvalue weighted by Gasteiger charge is -2.28. The fraction of sp³-hybridized carbons (Fsp3) is 0.800. The first-order valence-corrected chi connectivity index (χ1v) is 3.30. The standard InChI is InChI=1S/C5H10N2O5/c8-1-3-5(11,2-9)7(12)4(10)6-3/h3,8-9,11-12H,1-2H2,(H,6,10). The summed E-state index contributed by atoms with van der Waals surface area (Å²) < 4.78 is 0. The largest absolute Gasteiger partial charge is 0.394 e. The van der Waals surface area contributed by atoms with E-state index in [1.807, 2.05) is 0 Å². The maximum absolute atomic E-state index is 10.7. The quantitative estimate of drug-likeness (QED) is 0.298. The van der Waals surface area contributed by atoms with Crippen molar-refractivity contribution in [1.29, 1.82) is 0 Å². The minimum absolute atomic E-state index is 0.0338. The molecule has 0 aromatic rings. The Bertz CT molecular complexity index is 198. The molecule has 1 saturated heterocycles. The van der Waals surface area contributed by atoms with E-state index in [1.54, 1.807) is 0 Å². The van der Waals surface area contributed by atoms with E-state index in [2.05, 4.69) is 5.32 Å². The van der Waals surface area contributed by atoms with Crippen LogP contribution in [0.3, 0.4) is 0 Å². The zero-order chi connectivity index (χ0) is 9.35. The second-order valence-electron chi connectivity index (χ2n) is 2.53. The van der Waals surface area contributed by atoms with Crippen molar-refractivity contribution in [2.75, 3.05) is 13.2 Å². The first-order chi connectivity index (χ1) is 5.56. The average molecular weight is 178 g/mol. The Hall–Kier alpha value is -0.890. The molecule has 0 aromatic carbocycles. The molecule has 2 unspecified atom stereocenters. The SMILES string of the molecule is O=C1NC(CO)C(O)(CO)N1O. The number of urea groups is 1. The van der Waals surface area contributed by atoms with Crippen LogP contribution in [0, 0.1) is 0 Å². The van der Waals surface area contributed by atoms with E-state index in [1.165, 1.54) is 0 Å². The number of hydrogen-bond donors (Lipinski definition) is 5. The van der Waals surface area contributed by atoms with E-state index in [-0.39, 0.29) is 5.06 Å². The molecule has 0 radical (unpaired) electrons. The highest BCUT2D eigenvalue weighted by atomic mass is 16.6. The first-order valence-electron chi connectivity index (χ1n) is 3.30. The van der Waals surface area contributed by atoms with Gasteiger partial charge in [0.2, 0.25) is 5.72 Å². The van der Waals surface area contributed by atoms with Crippen molar-refractivity contribution in [3.05, 3.63) is 0 Å². The molecular formula is C5H10N2O5. The van der Waals surface area contributed by atoms with Gasteiger partial charge in [0.05, 0.1) is 13.2 Å². The molecule has 0 saturated carbocycles. The summed E-state index contributed by atoms with van der Waals surface area (Å²) in [5.41, 5.74) is -2.13. The Morgan fingerprint density at radius 1 is 1.58 bits per heavy atom. The summed E-state index contributed by atoms with van der Waals surface area (Å²) in [4.78, 5) is 10.7. The zero-order valence-electron chi connectivity index (χ0n) is 6.14. The number of amides is 2. The molecule has 7 nitrogen and oxygen atoms in total. The summed E-state index contributed by atoms with van der Waals surface area (Å²) in [5, 5.41) is 37.6. The Balaban J connectivity index is 2.87. The summed E-state index contributed by atoms with van der Waals surface area (Å²) in [5.74, 6) is 0. The van der Waals surface area contributed by atoms with Crippen molar-refractivity contribution in [3.8, 4) is 0 Å². The monoisotopic (exact) mass is 178 g/mol. The summed E-state index contributed by atoms with van der Waals surface area (Å²) in [6.45, 7) is -1.42. The second-order valence-corrected chi connectivity index (χ2v) is 2.53. The summed E-state index contributed by atoms with van der Waals surface area (Å²) in [6.07, 6.45) is 0. The molecule has 2 atom stereocenters. The van der Waals surface area contributed by atoms with E-state index in [0.717, 1.165) is 0 Å². The molecule has 70 valence electrons. The van der Waals surface area contributed by atoms with Gasteiger partial charge in [-0.3, -0.25) is 5.21 Å². The van der Waals surface area contributed by atoms with E-state index < -0.39 is 31.0 Å². The van der Waals surface area contributed by atoms with Crippen molar-refractivity contribution in [1.82, 2.24) is 10.4 Å². The molecule has 0 spiro atoms. The third-order valence-corrected chi connectivity index (χ3v) is 1.83. The highest BCUT2D eigenvalue weighted by Gasteiger charge is 2.51. The van der Waals surface area contributed by atoms with Gasteiger partial charge in [-0.05, 0) is 0 Å². The number of carbonyl (C=O) groups excluding carboxylic acids is 1. The fourth-order valence-corrected chi connectivity index (χ4v) is 1.02. The number of nitrogens with one attached hydrogen (secondary N) is 1. The van der Waals surface area contributed by atoms with Crippen LogP contribution >= 0.6 is 0 Å². The third-order valence-electron chi connectivity index (χ3n) is 1.83. The molecule has 0 bridgehead atoms. The van der Waals surface area contributed by atoms with Crippen molar-refractivity contribution in [3.63, 3.8) is 0 Å². The predicted molar refractivity (Wildman–Crippen MR) is 35.1 cm³/mol. The molecule has 0 aromatic heterocycles. The Labute approximate surface area is 67.8 Å². The minimum Gasteiger partial charge on any atom is -0.394 e. The van der Waals surface area contributed by atoms with Crippen LogP contribution in [0.5, 0.6) is 0 Å². The van der Waals surface area contributed by atoms with Crippen LogP contribution in [0.25, 0.3) is 0 Å². The summed E-state index contributed by atoms with van der Waals surface area (Å²) >= 11 is 0. The van der Waals surface area contributed by atoms with Gasteiger partial charge < -0.3 is 20.6 Å². The number of hydrogen-bond acceptors (Lipinski definition) is 5. The lowest BCUT2D eigenvalue weighted by molar-refractivity contribution is -0.232. The van der Waals surface area contributed by atoms with Gasteiger partial charge in [0.25, 0.3) is 0 Å². The maximum atomic E-state index is 10.7. The van der Waals surface area contributed by atoms with Gasteiger partial charge in [-0.1, -0.05) is 0 Å². The van der Waals surface area contributed by atoms with Gasteiger partial charge >= 0.3 is 6.03 Å². The van der Waals surface area contributed by atoms with Gasteiger partial charge in [0.15, 0.2) is 0 Å². The lowest BCUT2D eigenvalue weighted by atomic mass is 10.1. The minimum atomic E-state index is -2.13. The third kappa shape index (κ3) is 1.03. The molecule has 1 heterocycles. The van der Waals surface area contributed by atoms with Crippen molar-refractivity contribution in [2.24, 2.45) is 0 Å². The Morgan fingerprint density at radius 3 is 2.50 bits per heavy atom. The number of carbonyl (C=O) groups is 1. The van der Waals surface area contributed by atoms with Gasteiger partial charge in [-0.25, -0.2) is 4.79 Å². The molecular weight excluding hydrogens is 168 g/mol. The number of nitrogens with zero attached hydrogens (tertiary/aromatic N) is 1. The highest BCUT2D eigenvalue weighted by molar-refractivity contribution is 5.76. The second kappa shape index (κ2) is 2.87. The average Bonchev–Trinajstić information content (AvgIpc) is 2.30. The molecule has 1 aliphatic heterocycles. The smallest absolute Gasteiger partial charge is 0.344 e. The van der Waals surface area contributed by atoms with E-state index in [4.69, 9.17) is 15.4 Å². The first kappa shape index (κ1) is 9.20. The van der Waals surface area contributed by atoms with Crippen LogP contribution in [-0.4, -0.2) is 56.6 Å². The van der Waals surface area contributed by atoms with Gasteiger partial charge in [-0.2, -0.15) is 5.06 Å². The Morgan fingerprint density at radius 2 is 2.17 bits per heavy atom. The van der Waals surface area contributed by atoms with Gasteiger partial charge in [0, 0.05) is 0 Å². The number of hydroxylamine groups is 2. The van der Waals surface area contributed by atoms with Gasteiger partial charge in [-0.15, -0.1) is 0 Å². The van der Waals surface area contributed by atoms with Crippen molar-refractivity contribution in [2.45, 2.75) is 11.8 Å². The normalized spacial score (nSPS) is 35.5. The summed E-state index contributed by atoms with van der Waals surface area (Å²) in [7, 11) is 0. The van der Waals surface area contributed by atoms with E-state index in [0.29, 0.717) is 0 Å². The molecule has 5 N–H and O–H groups in total. The van der Waals surface area contributed by atoms with Crippen LogP contribution in [0.4, 0.5) is 4.79 Å². The Kier molecular flexibility index (Phi) is 2.20. The van der Waals surface area contributed by atoms with E-state index >= 15 is 0 Å². The molecule has 1 rings (SSSR count). The topological polar surface area (TPSA) is 113 Å². The molecule has 2 amide bonds. The van der Waals surface area contributed by atoms with E-state index in [9.17, 15) is 9.90 Å². The lowest BCUT2D eigenvalue weighted by Crippen LogP contribution is -2.54. The van der Waals surface area contributed by atoms with Crippen LogP contribution in [0.1, 0.15) is 0 Å². The maximum Gasteiger partial charge on any atom is 0.344 e. The highest BCUT2D eigenvalue weighted by Crippen LogP contribution is 2.20. The van der Waals surface area contributed by atoms with Crippen molar-refractivity contribution < 1.29 is 25.3 Å². The molecule has 7 heteroatoms.